The van der Waals surface area contributed by atoms with Gasteiger partial charge in [-0.25, -0.2) is 9.59 Å². The Morgan fingerprint density at radius 1 is 0.462 bits per heavy atom. The minimum atomic E-state index is -1.87. The number of ether oxygens (including phenoxy) is 10. The van der Waals surface area contributed by atoms with Crippen LogP contribution in [0.1, 0.15) is 93.9 Å². The van der Waals surface area contributed by atoms with Crippen molar-refractivity contribution in [3.05, 3.63) is 72.9 Å². The van der Waals surface area contributed by atoms with Crippen LogP contribution in [0.25, 0.3) is 0 Å². The average molecular weight is 1120 g/mol. The molecule has 0 saturated carbocycles. The first-order valence-corrected chi connectivity index (χ1v) is 26.1. The van der Waals surface area contributed by atoms with Crippen LogP contribution < -0.4 is 0 Å². The highest BCUT2D eigenvalue weighted by Crippen LogP contribution is 2.36. The Kier molecular flexibility index (Phi) is 25.4. The molecular formula is C54H86O24. The Balaban J connectivity index is 1.39. The van der Waals surface area contributed by atoms with Crippen LogP contribution >= 0.6 is 0 Å². The van der Waals surface area contributed by atoms with Gasteiger partial charge >= 0.3 is 11.9 Å². The van der Waals surface area contributed by atoms with E-state index in [1.165, 1.54) is 45.1 Å². The Hall–Kier alpha value is -3.42. The predicted molar refractivity (Wildman–Crippen MR) is 274 cm³/mol. The molecule has 4 rings (SSSR count). The minimum Gasteiger partial charge on any atom is -0.453 e. The first-order valence-electron chi connectivity index (χ1n) is 26.1. The van der Waals surface area contributed by atoms with Gasteiger partial charge < -0.3 is 109 Å². The van der Waals surface area contributed by atoms with Gasteiger partial charge in [-0.2, -0.15) is 0 Å². The fourth-order valence-electron chi connectivity index (χ4n) is 8.99. The van der Waals surface area contributed by atoms with Gasteiger partial charge in [0.05, 0.1) is 42.7 Å². The number of esters is 2. The molecular weight excluding hydrogens is 1030 g/mol. The van der Waals surface area contributed by atoms with Gasteiger partial charge in [-0.1, -0.05) is 42.0 Å². The van der Waals surface area contributed by atoms with Gasteiger partial charge in [0, 0.05) is 11.1 Å². The second kappa shape index (κ2) is 29.5. The number of hydrogen-bond acceptors (Lipinski definition) is 24. The number of aliphatic hydroxyl groups is 12. The van der Waals surface area contributed by atoms with Crippen molar-refractivity contribution in [1.29, 1.82) is 0 Å². The molecule has 4 aliphatic rings. The van der Waals surface area contributed by atoms with Gasteiger partial charge in [-0.15, -0.1) is 19.7 Å². The molecule has 0 bridgehead atoms. The van der Waals surface area contributed by atoms with Crippen molar-refractivity contribution in [3.63, 3.8) is 0 Å². The Morgan fingerprint density at radius 3 is 1.23 bits per heavy atom. The van der Waals surface area contributed by atoms with Crippen molar-refractivity contribution in [1.82, 2.24) is 0 Å². The van der Waals surface area contributed by atoms with Crippen LogP contribution in [-0.4, -0.2) is 233 Å². The smallest absolute Gasteiger partial charge is 0.333 e. The number of carbonyl (C=O) groups is 2. The van der Waals surface area contributed by atoms with E-state index >= 15 is 0 Å². The summed E-state index contributed by atoms with van der Waals surface area (Å²) in [5.41, 5.74) is -2.42. The van der Waals surface area contributed by atoms with E-state index in [-0.39, 0.29) is 36.8 Å². The van der Waals surface area contributed by atoms with Crippen LogP contribution in [0.5, 0.6) is 0 Å². The maximum absolute atomic E-state index is 13.5. The zero-order valence-electron chi connectivity index (χ0n) is 45.8. The number of rotatable bonds is 27. The molecule has 4 aliphatic heterocycles. The van der Waals surface area contributed by atoms with Gasteiger partial charge in [0.2, 0.25) is 0 Å². The summed E-state index contributed by atoms with van der Waals surface area (Å²) in [6.45, 7) is 22.5. The van der Waals surface area contributed by atoms with Crippen molar-refractivity contribution in [3.8, 4) is 0 Å². The summed E-state index contributed by atoms with van der Waals surface area (Å²) in [6.07, 6.45) is -20.4. The van der Waals surface area contributed by atoms with Crippen molar-refractivity contribution < 1.29 is 118 Å². The second-order valence-corrected chi connectivity index (χ2v) is 21.2. The van der Waals surface area contributed by atoms with E-state index in [4.69, 9.17) is 47.4 Å². The molecule has 0 aromatic rings. The fourth-order valence-corrected chi connectivity index (χ4v) is 8.99. The van der Waals surface area contributed by atoms with Gasteiger partial charge in [-0.3, -0.25) is 0 Å². The lowest BCUT2D eigenvalue weighted by Crippen LogP contribution is -2.65. The van der Waals surface area contributed by atoms with E-state index in [2.05, 4.69) is 19.7 Å². The highest BCUT2D eigenvalue weighted by Gasteiger charge is 2.53. The van der Waals surface area contributed by atoms with Crippen LogP contribution in [0.15, 0.2) is 72.9 Å². The van der Waals surface area contributed by atoms with E-state index in [1.54, 1.807) is 26.8 Å². The third kappa shape index (κ3) is 17.1. The van der Waals surface area contributed by atoms with Crippen LogP contribution in [0.4, 0.5) is 0 Å². The molecule has 4 fully saturated rings. The zero-order valence-corrected chi connectivity index (χ0v) is 45.8. The molecule has 24 nitrogen and oxygen atoms in total. The summed E-state index contributed by atoms with van der Waals surface area (Å²) in [7, 11) is 0. The van der Waals surface area contributed by atoms with Crippen LogP contribution in [-0.2, 0) is 57.0 Å². The van der Waals surface area contributed by atoms with Gasteiger partial charge in [-0.05, 0) is 93.9 Å². The first-order chi connectivity index (χ1) is 36.6. The molecule has 0 aromatic heterocycles. The molecule has 78 heavy (non-hydrogen) atoms. The summed E-state index contributed by atoms with van der Waals surface area (Å²) < 4.78 is 58.7. The largest absolute Gasteiger partial charge is 0.453 e. The maximum Gasteiger partial charge on any atom is 0.333 e. The summed E-state index contributed by atoms with van der Waals surface area (Å²) in [6, 6.07) is 0. The van der Waals surface area contributed by atoms with E-state index in [0.29, 0.717) is 12.8 Å². The Bertz CT molecular complexity index is 2060. The topological polar surface area (TPSA) is 369 Å². The number of aliphatic hydroxyl groups excluding tert-OH is 12. The monoisotopic (exact) mass is 1120 g/mol. The van der Waals surface area contributed by atoms with Crippen molar-refractivity contribution in [2.24, 2.45) is 0 Å². The van der Waals surface area contributed by atoms with Crippen molar-refractivity contribution in [2.45, 2.75) is 234 Å². The molecule has 23 atom stereocenters. The predicted octanol–water partition coefficient (Wildman–Crippen LogP) is -0.577. The lowest BCUT2D eigenvalue weighted by Gasteiger charge is -2.47. The molecule has 12 N–H and O–H groups in total. The molecule has 446 valence electrons. The van der Waals surface area contributed by atoms with Gasteiger partial charge in [0.1, 0.15) is 79.4 Å². The first kappa shape index (κ1) is 67.1. The molecule has 0 aliphatic carbocycles. The maximum atomic E-state index is 13.5. The second-order valence-electron chi connectivity index (χ2n) is 21.2. The third-order valence-corrected chi connectivity index (χ3v) is 14.5. The van der Waals surface area contributed by atoms with E-state index in [9.17, 15) is 70.9 Å². The minimum absolute atomic E-state index is 0.0483. The molecule has 0 spiro atoms. The van der Waals surface area contributed by atoms with Gasteiger partial charge in [0.15, 0.2) is 37.4 Å². The molecule has 24 heteroatoms. The van der Waals surface area contributed by atoms with Crippen molar-refractivity contribution in [2.75, 3.05) is 19.8 Å². The van der Waals surface area contributed by atoms with Crippen LogP contribution in [0.3, 0.4) is 0 Å². The van der Waals surface area contributed by atoms with E-state index in [1.807, 2.05) is 19.9 Å². The van der Waals surface area contributed by atoms with E-state index < -0.39 is 171 Å². The molecule has 0 amide bonds. The average Bonchev–Trinajstić information content (AvgIpc) is 3.40. The molecule has 0 unspecified atom stereocenters. The standard InChI is InChI=1S/C54H86O24/c1-12-52(9,76-49-41(65)37(61)34(58)31(24-55)70-49)22-16-20-29(7)47(68)74-44-38(62)35(59)32(25-56)71-50(44)77-54(11,14-3)23-17-19-28(6)46(67)73-43-30(8)69-48(42(66)40(43)64)75-45-39(63)36(60)33(26-57)72-51(45)78-53(10,13-2)21-15-18-27(4)5/h12-14,18-20,30-45,48-51,55-66H,1-3,15-17,21-26H2,4-11H3/b28-19+,29-20+/t30-,31+,32+,33+,34+,35+,36+,37-,38-,39-,40-,41+,42+,43-,44+,45+,48-,49-,50-,51-,52-,53-,54-/m0/s1. The number of carbonyl (C=O) groups excluding carboxylic acids is 2. The summed E-state index contributed by atoms with van der Waals surface area (Å²) >= 11 is 0. The van der Waals surface area contributed by atoms with Crippen LogP contribution in [0, 0.1) is 0 Å². The summed E-state index contributed by atoms with van der Waals surface area (Å²) in [5.74, 6) is -1.84. The Labute approximate surface area is 455 Å². The SMILES string of the molecule is C=C[C@@](C)(CC/C=C(\C)C(=O)O[C@H]1[C@H](O[C@@](C)(C=C)CC/C=C(\C)C(=O)O[C@@H]2[C@@H](O)[C@@H](O)[C@H](O[C@H]3[C@H](O[C@@](C)(C=C)CCC=C(C)C)O[C@H](CO)[C@@H](O)[C@@H]3O)O[C@H]2C)O[C@H](CO)[C@@H](O)[C@@H]1O)O[C@@H]1O[C@H](CO)[C@@H](O)[C@H](O)[C@H]1O. The molecule has 4 saturated heterocycles. The van der Waals surface area contributed by atoms with Crippen LogP contribution in [0.2, 0.25) is 0 Å². The Morgan fingerprint density at radius 2 is 0.808 bits per heavy atom. The quantitative estimate of drug-likeness (QED) is 0.0278. The highest BCUT2D eigenvalue weighted by molar-refractivity contribution is 5.88. The third-order valence-electron chi connectivity index (χ3n) is 14.5. The number of hydrogen-bond donors (Lipinski definition) is 12. The van der Waals surface area contributed by atoms with E-state index in [0.717, 1.165) is 5.57 Å². The lowest BCUT2D eigenvalue weighted by atomic mass is 9.96. The highest BCUT2D eigenvalue weighted by atomic mass is 16.8. The summed E-state index contributed by atoms with van der Waals surface area (Å²) in [5, 5.41) is 127. The molecule has 0 radical (unpaired) electrons. The molecule has 4 heterocycles. The number of allylic oxidation sites excluding steroid dienone is 4. The lowest BCUT2D eigenvalue weighted by molar-refractivity contribution is -0.373. The van der Waals surface area contributed by atoms with Gasteiger partial charge in [0.25, 0.3) is 0 Å². The fraction of sp³-hybridized carbons (Fsp3) is 0.741. The summed E-state index contributed by atoms with van der Waals surface area (Å²) in [4.78, 5) is 27.0. The normalized spacial score (nSPS) is 38.2. The molecule has 0 aromatic carbocycles. The zero-order chi connectivity index (χ0) is 58.6. The van der Waals surface area contributed by atoms with Crippen molar-refractivity contribution >= 4 is 11.9 Å².